The van der Waals surface area contributed by atoms with Crippen LogP contribution in [-0.4, -0.2) is 42.0 Å². The van der Waals surface area contributed by atoms with Gasteiger partial charge in [0, 0.05) is 17.2 Å². The number of esters is 1. The molecule has 2 heterocycles. The Morgan fingerprint density at radius 1 is 1.00 bits per heavy atom. The quantitative estimate of drug-likeness (QED) is 0.304. The van der Waals surface area contributed by atoms with E-state index in [4.69, 9.17) is 14.2 Å². The molecule has 0 aliphatic rings. The molecule has 0 saturated heterocycles. The minimum absolute atomic E-state index is 0.000293. The van der Waals surface area contributed by atoms with Gasteiger partial charge in [-0.1, -0.05) is 12.1 Å². The van der Waals surface area contributed by atoms with Gasteiger partial charge in [0.15, 0.2) is 5.69 Å². The summed E-state index contributed by atoms with van der Waals surface area (Å²) in [5.74, 6) is 0.489. The van der Waals surface area contributed by atoms with Gasteiger partial charge in [-0.05, 0) is 62.2 Å². The number of nitrogens with zero attached hydrogens (tertiary/aromatic N) is 2. The molecule has 0 atom stereocenters. The molecular formula is C27H27N3O6S. The van der Waals surface area contributed by atoms with Gasteiger partial charge in [0.25, 0.3) is 5.56 Å². The van der Waals surface area contributed by atoms with Crippen LogP contribution in [0.4, 0.5) is 5.00 Å². The Kier molecular flexibility index (Phi) is 8.19. The highest BCUT2D eigenvalue weighted by Gasteiger charge is 2.23. The molecule has 0 aliphatic heterocycles. The first kappa shape index (κ1) is 25.9. The predicted molar refractivity (Wildman–Crippen MR) is 142 cm³/mol. The zero-order chi connectivity index (χ0) is 26.4. The van der Waals surface area contributed by atoms with Crippen molar-refractivity contribution in [2.75, 3.05) is 25.6 Å². The average molecular weight is 522 g/mol. The molecule has 0 aliphatic carbocycles. The highest BCUT2D eigenvalue weighted by atomic mass is 32.1. The number of methoxy groups -OCH3 is 1. The van der Waals surface area contributed by atoms with Crippen LogP contribution in [0.5, 0.6) is 11.5 Å². The zero-order valence-electron chi connectivity index (χ0n) is 20.8. The van der Waals surface area contributed by atoms with E-state index in [1.807, 2.05) is 31.2 Å². The van der Waals surface area contributed by atoms with Gasteiger partial charge < -0.3 is 19.5 Å². The molecule has 2 aromatic heterocycles. The Morgan fingerprint density at radius 2 is 1.70 bits per heavy atom. The highest BCUT2D eigenvalue weighted by molar-refractivity contribution is 7.16. The third-order valence-electron chi connectivity index (χ3n) is 5.57. The van der Waals surface area contributed by atoms with Crippen LogP contribution in [0.3, 0.4) is 0 Å². The molecule has 0 fully saturated rings. The number of thiophene rings is 1. The Balaban J connectivity index is 1.67. The second-order valence-corrected chi connectivity index (χ2v) is 8.84. The minimum atomic E-state index is -0.651. The molecule has 1 amide bonds. The van der Waals surface area contributed by atoms with Crippen molar-refractivity contribution in [3.05, 3.63) is 75.5 Å². The van der Waals surface area contributed by atoms with Crippen molar-refractivity contribution in [3.8, 4) is 17.2 Å². The van der Waals surface area contributed by atoms with E-state index in [0.29, 0.717) is 34.9 Å². The summed E-state index contributed by atoms with van der Waals surface area (Å²) in [7, 11) is 1.60. The molecule has 1 N–H and O–H groups in total. The van der Waals surface area contributed by atoms with Crippen LogP contribution in [0.25, 0.3) is 16.5 Å². The third-order valence-corrected chi connectivity index (χ3v) is 6.46. The number of anilines is 1. The van der Waals surface area contributed by atoms with Gasteiger partial charge >= 0.3 is 5.97 Å². The Bertz CT molecular complexity index is 1460. The van der Waals surface area contributed by atoms with Crippen LogP contribution in [0, 0.1) is 0 Å². The standard InChI is InChI=1S/C27H27N3O6S/c1-4-35-20-13-9-18(10-14-20)30-26(32)23-21(24(29-30)27(33)36-5-2)16-37-25(23)28-22(31)15-8-17-6-11-19(34-3)12-7-17/h6-7,9-14,16H,4-5,8,15H2,1-3H3,(H,28,31). The predicted octanol–water partition coefficient (Wildman–Crippen LogP) is 4.60. The van der Waals surface area contributed by atoms with E-state index in [0.717, 1.165) is 27.3 Å². The Labute approximate surface area is 217 Å². The molecule has 37 heavy (non-hydrogen) atoms. The summed E-state index contributed by atoms with van der Waals surface area (Å²) in [6, 6.07) is 14.3. The van der Waals surface area contributed by atoms with Gasteiger partial charge in [0.05, 0.1) is 31.4 Å². The summed E-state index contributed by atoms with van der Waals surface area (Å²) >= 11 is 1.16. The lowest BCUT2D eigenvalue weighted by molar-refractivity contribution is -0.116. The maximum Gasteiger partial charge on any atom is 0.359 e. The van der Waals surface area contributed by atoms with Gasteiger partial charge in [0.1, 0.15) is 16.5 Å². The maximum atomic E-state index is 13.5. The summed E-state index contributed by atoms with van der Waals surface area (Å²) in [5, 5.41) is 9.69. The van der Waals surface area contributed by atoms with E-state index < -0.39 is 11.5 Å². The minimum Gasteiger partial charge on any atom is -0.497 e. The number of aryl methyl sites for hydroxylation is 1. The maximum absolute atomic E-state index is 13.5. The van der Waals surface area contributed by atoms with Gasteiger partial charge in [0.2, 0.25) is 5.91 Å². The molecule has 4 rings (SSSR count). The lowest BCUT2D eigenvalue weighted by Gasteiger charge is -2.11. The average Bonchev–Trinajstić information content (AvgIpc) is 3.33. The Hall–Kier alpha value is -4.18. The first-order valence-corrected chi connectivity index (χ1v) is 12.7. The van der Waals surface area contributed by atoms with Crippen molar-refractivity contribution in [3.63, 3.8) is 0 Å². The van der Waals surface area contributed by atoms with Crippen LogP contribution < -0.4 is 20.3 Å². The second-order valence-electron chi connectivity index (χ2n) is 7.96. The van der Waals surface area contributed by atoms with Gasteiger partial charge in [-0.15, -0.1) is 11.3 Å². The van der Waals surface area contributed by atoms with Crippen LogP contribution in [0.1, 0.15) is 36.3 Å². The first-order chi connectivity index (χ1) is 17.9. The van der Waals surface area contributed by atoms with Crippen LogP contribution >= 0.6 is 11.3 Å². The number of nitrogens with one attached hydrogen (secondary N) is 1. The molecule has 0 saturated carbocycles. The molecule has 9 nitrogen and oxygen atoms in total. The lowest BCUT2D eigenvalue weighted by Crippen LogP contribution is -2.25. The van der Waals surface area contributed by atoms with Gasteiger partial charge in [-0.2, -0.15) is 9.78 Å². The van der Waals surface area contributed by atoms with E-state index in [2.05, 4.69) is 10.4 Å². The van der Waals surface area contributed by atoms with Crippen LogP contribution in [0.2, 0.25) is 0 Å². The summed E-state index contributed by atoms with van der Waals surface area (Å²) in [5.41, 5.74) is 0.974. The van der Waals surface area contributed by atoms with Crippen molar-refractivity contribution in [2.24, 2.45) is 0 Å². The second kappa shape index (κ2) is 11.7. The van der Waals surface area contributed by atoms with E-state index in [-0.39, 0.29) is 30.0 Å². The summed E-state index contributed by atoms with van der Waals surface area (Å²) in [4.78, 5) is 39.0. The third kappa shape index (κ3) is 5.80. The number of aromatic nitrogens is 2. The molecule has 4 aromatic rings. The van der Waals surface area contributed by atoms with Gasteiger partial charge in [-0.3, -0.25) is 9.59 Å². The van der Waals surface area contributed by atoms with Crippen molar-refractivity contribution in [2.45, 2.75) is 26.7 Å². The number of hydrogen-bond acceptors (Lipinski definition) is 8. The van der Waals surface area contributed by atoms with Crippen molar-refractivity contribution in [1.29, 1.82) is 0 Å². The number of ether oxygens (including phenoxy) is 3. The topological polar surface area (TPSA) is 109 Å². The van der Waals surface area contributed by atoms with Crippen LogP contribution in [0.15, 0.2) is 58.7 Å². The highest BCUT2D eigenvalue weighted by Crippen LogP contribution is 2.31. The van der Waals surface area contributed by atoms with Crippen molar-refractivity contribution in [1.82, 2.24) is 9.78 Å². The lowest BCUT2D eigenvalue weighted by atomic mass is 10.1. The molecule has 0 bridgehead atoms. The van der Waals surface area contributed by atoms with Crippen LogP contribution in [-0.2, 0) is 16.0 Å². The largest absolute Gasteiger partial charge is 0.497 e. The zero-order valence-corrected chi connectivity index (χ0v) is 21.6. The molecule has 0 unspecified atom stereocenters. The molecule has 192 valence electrons. The van der Waals surface area contributed by atoms with E-state index in [1.165, 1.54) is 0 Å². The fraction of sp³-hybridized carbons (Fsp3) is 0.259. The van der Waals surface area contributed by atoms with Gasteiger partial charge in [-0.25, -0.2) is 4.79 Å². The van der Waals surface area contributed by atoms with Crippen molar-refractivity contribution >= 4 is 39.0 Å². The van der Waals surface area contributed by atoms with Crippen molar-refractivity contribution < 1.29 is 23.8 Å². The summed E-state index contributed by atoms with van der Waals surface area (Å²) in [6.07, 6.45) is 0.736. The molecule has 0 radical (unpaired) electrons. The number of fused-ring (bicyclic) bond motifs is 1. The first-order valence-electron chi connectivity index (χ1n) is 11.8. The molecular weight excluding hydrogens is 494 g/mol. The smallest absolute Gasteiger partial charge is 0.359 e. The Morgan fingerprint density at radius 3 is 2.35 bits per heavy atom. The number of rotatable bonds is 10. The summed E-state index contributed by atoms with van der Waals surface area (Å²) < 4.78 is 17.0. The fourth-order valence-electron chi connectivity index (χ4n) is 3.76. The number of hydrogen-bond donors (Lipinski definition) is 1. The number of amides is 1. The van der Waals surface area contributed by atoms with E-state index in [9.17, 15) is 14.4 Å². The van der Waals surface area contributed by atoms with E-state index in [1.54, 1.807) is 43.7 Å². The summed E-state index contributed by atoms with van der Waals surface area (Å²) in [6.45, 7) is 4.23. The number of carbonyl (C=O) groups excluding carboxylic acids is 2. The number of carbonyl (C=O) groups is 2. The SMILES string of the molecule is CCOC(=O)c1nn(-c2ccc(OCC)cc2)c(=O)c2c(NC(=O)CCc3ccc(OC)cc3)scc12. The fourth-order valence-corrected chi connectivity index (χ4v) is 4.71. The van der Waals surface area contributed by atoms with E-state index >= 15 is 0 Å². The molecule has 2 aromatic carbocycles. The molecule has 0 spiro atoms. The monoisotopic (exact) mass is 521 g/mol. The number of benzene rings is 2. The molecule has 10 heteroatoms. The normalized spacial score (nSPS) is 10.8.